The molecule has 1 aromatic carbocycles. The Morgan fingerprint density at radius 1 is 1.25 bits per heavy atom. The van der Waals surface area contributed by atoms with E-state index in [1.165, 1.54) is 5.57 Å². The van der Waals surface area contributed by atoms with E-state index in [1.54, 1.807) is 0 Å². The lowest BCUT2D eigenvalue weighted by molar-refractivity contribution is 0.0943. The van der Waals surface area contributed by atoms with Gasteiger partial charge in [-0.15, -0.1) is 0 Å². The summed E-state index contributed by atoms with van der Waals surface area (Å²) in [6.45, 7) is 5.88. The van der Waals surface area contributed by atoms with E-state index in [2.05, 4.69) is 28.3 Å². The number of amides is 1. The van der Waals surface area contributed by atoms with Gasteiger partial charge in [-0.1, -0.05) is 24.3 Å². The number of hydrogen-bond donors (Lipinski definition) is 1. The molecule has 126 valence electrons. The van der Waals surface area contributed by atoms with Crippen LogP contribution < -0.4 is 5.32 Å². The number of carbonyl (C=O) groups is 1. The van der Waals surface area contributed by atoms with Crippen LogP contribution in [-0.4, -0.2) is 46.3 Å². The van der Waals surface area contributed by atoms with E-state index in [0.717, 1.165) is 32.6 Å². The first-order chi connectivity index (χ1) is 11.7. The SMILES string of the molecule is C[C@@H](NC(=O)c1ccccc1)C1=CCCN(CCn2cccn2)C1. The fourth-order valence-electron chi connectivity index (χ4n) is 2.98. The molecule has 2 heterocycles. The highest BCUT2D eigenvalue weighted by Gasteiger charge is 2.19. The normalized spacial score (nSPS) is 16.5. The van der Waals surface area contributed by atoms with Gasteiger partial charge in [-0.05, 0) is 37.1 Å². The quantitative estimate of drug-likeness (QED) is 0.830. The number of benzene rings is 1. The van der Waals surface area contributed by atoms with E-state index in [-0.39, 0.29) is 11.9 Å². The molecule has 1 atom stereocenters. The lowest BCUT2D eigenvalue weighted by Crippen LogP contribution is -2.41. The summed E-state index contributed by atoms with van der Waals surface area (Å²) >= 11 is 0. The Balaban J connectivity index is 1.52. The van der Waals surface area contributed by atoms with Gasteiger partial charge in [-0.2, -0.15) is 5.10 Å². The second-order valence-electron chi connectivity index (χ2n) is 6.17. The Labute approximate surface area is 143 Å². The molecule has 24 heavy (non-hydrogen) atoms. The van der Waals surface area contributed by atoms with Crippen molar-refractivity contribution in [3.05, 3.63) is 66.0 Å². The minimum atomic E-state index is -0.0161. The molecule has 1 aliphatic rings. The molecule has 1 aliphatic heterocycles. The maximum atomic E-state index is 12.3. The van der Waals surface area contributed by atoms with Gasteiger partial charge >= 0.3 is 0 Å². The number of nitrogens with one attached hydrogen (secondary N) is 1. The Hall–Kier alpha value is -2.40. The molecule has 0 fully saturated rings. The van der Waals surface area contributed by atoms with Crippen molar-refractivity contribution in [2.24, 2.45) is 0 Å². The number of aromatic nitrogens is 2. The third-order valence-corrected chi connectivity index (χ3v) is 4.40. The molecule has 0 radical (unpaired) electrons. The second-order valence-corrected chi connectivity index (χ2v) is 6.17. The van der Waals surface area contributed by atoms with Gasteiger partial charge in [0.25, 0.3) is 5.91 Å². The maximum absolute atomic E-state index is 12.3. The van der Waals surface area contributed by atoms with Crippen molar-refractivity contribution < 1.29 is 4.79 Å². The number of nitrogens with zero attached hydrogens (tertiary/aromatic N) is 3. The maximum Gasteiger partial charge on any atom is 0.251 e. The van der Waals surface area contributed by atoms with Crippen LogP contribution in [-0.2, 0) is 6.54 Å². The predicted molar refractivity (Wildman–Crippen MR) is 94.7 cm³/mol. The van der Waals surface area contributed by atoms with Gasteiger partial charge in [0, 0.05) is 43.6 Å². The zero-order valence-corrected chi connectivity index (χ0v) is 14.1. The minimum absolute atomic E-state index is 0.0161. The average molecular weight is 324 g/mol. The van der Waals surface area contributed by atoms with Crippen LogP contribution >= 0.6 is 0 Å². The first-order valence-electron chi connectivity index (χ1n) is 8.47. The van der Waals surface area contributed by atoms with Crippen LogP contribution in [0, 0.1) is 0 Å². The van der Waals surface area contributed by atoms with Gasteiger partial charge in [-0.25, -0.2) is 0 Å². The molecular weight excluding hydrogens is 300 g/mol. The summed E-state index contributed by atoms with van der Waals surface area (Å²) in [7, 11) is 0. The Morgan fingerprint density at radius 2 is 2.08 bits per heavy atom. The van der Waals surface area contributed by atoms with Crippen molar-refractivity contribution in [2.45, 2.75) is 25.9 Å². The van der Waals surface area contributed by atoms with Crippen LogP contribution in [0.2, 0.25) is 0 Å². The number of hydrogen-bond acceptors (Lipinski definition) is 3. The fraction of sp³-hybridized carbons (Fsp3) is 0.368. The average Bonchev–Trinajstić information content (AvgIpc) is 3.14. The zero-order valence-electron chi connectivity index (χ0n) is 14.1. The van der Waals surface area contributed by atoms with Gasteiger partial charge < -0.3 is 5.32 Å². The molecule has 0 saturated heterocycles. The Morgan fingerprint density at radius 3 is 2.83 bits per heavy atom. The van der Waals surface area contributed by atoms with E-state index in [4.69, 9.17) is 0 Å². The van der Waals surface area contributed by atoms with Gasteiger partial charge in [0.15, 0.2) is 0 Å². The molecule has 3 rings (SSSR count). The highest BCUT2D eigenvalue weighted by atomic mass is 16.1. The van der Waals surface area contributed by atoms with E-state index < -0.39 is 0 Å². The van der Waals surface area contributed by atoms with Gasteiger partial charge in [-0.3, -0.25) is 14.4 Å². The lowest BCUT2D eigenvalue weighted by Gasteiger charge is -2.30. The fourth-order valence-corrected chi connectivity index (χ4v) is 2.98. The molecule has 5 nitrogen and oxygen atoms in total. The molecule has 2 aromatic rings. The van der Waals surface area contributed by atoms with Crippen molar-refractivity contribution in [1.82, 2.24) is 20.0 Å². The largest absolute Gasteiger partial charge is 0.346 e. The minimum Gasteiger partial charge on any atom is -0.346 e. The van der Waals surface area contributed by atoms with Gasteiger partial charge in [0.2, 0.25) is 0 Å². The van der Waals surface area contributed by atoms with E-state index in [9.17, 15) is 4.79 Å². The molecule has 0 unspecified atom stereocenters. The van der Waals surface area contributed by atoms with Crippen molar-refractivity contribution in [1.29, 1.82) is 0 Å². The monoisotopic (exact) mass is 324 g/mol. The lowest BCUT2D eigenvalue weighted by atomic mass is 10.0. The van der Waals surface area contributed by atoms with Crippen molar-refractivity contribution >= 4 is 5.91 Å². The molecule has 1 aromatic heterocycles. The number of rotatable bonds is 6. The number of carbonyl (C=O) groups excluding carboxylic acids is 1. The highest BCUT2D eigenvalue weighted by Crippen LogP contribution is 2.14. The highest BCUT2D eigenvalue weighted by molar-refractivity contribution is 5.94. The third kappa shape index (κ3) is 4.32. The van der Waals surface area contributed by atoms with Crippen LogP contribution in [0.15, 0.2) is 60.4 Å². The van der Waals surface area contributed by atoms with Crippen molar-refractivity contribution in [3.63, 3.8) is 0 Å². The van der Waals surface area contributed by atoms with Crippen LogP contribution in [0.5, 0.6) is 0 Å². The van der Waals surface area contributed by atoms with E-state index >= 15 is 0 Å². The topological polar surface area (TPSA) is 50.2 Å². The summed E-state index contributed by atoms with van der Waals surface area (Å²) in [5, 5.41) is 7.35. The van der Waals surface area contributed by atoms with Crippen LogP contribution in [0.3, 0.4) is 0 Å². The van der Waals surface area contributed by atoms with Crippen LogP contribution in [0.1, 0.15) is 23.7 Å². The van der Waals surface area contributed by atoms with E-state index in [1.807, 2.05) is 53.5 Å². The molecule has 0 aliphatic carbocycles. The van der Waals surface area contributed by atoms with Crippen LogP contribution in [0.25, 0.3) is 0 Å². The Bertz CT molecular complexity index is 679. The zero-order chi connectivity index (χ0) is 16.8. The molecule has 5 heteroatoms. The molecule has 0 saturated carbocycles. The molecule has 1 N–H and O–H groups in total. The first kappa shape index (κ1) is 16.5. The van der Waals surface area contributed by atoms with Crippen molar-refractivity contribution in [3.8, 4) is 0 Å². The summed E-state index contributed by atoms with van der Waals surface area (Å²) < 4.78 is 1.96. The summed E-state index contributed by atoms with van der Waals surface area (Å²) in [5.41, 5.74) is 1.99. The van der Waals surface area contributed by atoms with E-state index in [0.29, 0.717) is 5.56 Å². The summed E-state index contributed by atoms with van der Waals surface area (Å²) in [6.07, 6.45) is 7.09. The van der Waals surface area contributed by atoms with Gasteiger partial charge in [0.05, 0.1) is 6.54 Å². The second kappa shape index (κ2) is 7.93. The third-order valence-electron chi connectivity index (χ3n) is 4.40. The van der Waals surface area contributed by atoms with Crippen molar-refractivity contribution in [2.75, 3.05) is 19.6 Å². The smallest absolute Gasteiger partial charge is 0.251 e. The standard InChI is InChI=1S/C19H24N4O/c1-16(21-19(24)17-7-3-2-4-8-17)18-9-5-11-22(15-18)13-14-23-12-6-10-20-23/h2-4,6-10,12,16H,5,11,13-15H2,1H3,(H,21,24)/t16-/m1/s1. The predicted octanol–water partition coefficient (Wildman–Crippen LogP) is 2.33. The summed E-state index contributed by atoms with van der Waals surface area (Å²) in [5.74, 6) is -0.0161. The molecule has 0 bridgehead atoms. The summed E-state index contributed by atoms with van der Waals surface area (Å²) in [6, 6.07) is 11.4. The molecule has 0 spiro atoms. The molecule has 1 amide bonds. The molecular formula is C19H24N4O. The van der Waals surface area contributed by atoms with Crippen LogP contribution in [0.4, 0.5) is 0 Å². The Kier molecular flexibility index (Phi) is 5.43. The first-order valence-corrected chi connectivity index (χ1v) is 8.47. The van der Waals surface area contributed by atoms with Gasteiger partial charge in [0.1, 0.15) is 0 Å². The summed E-state index contributed by atoms with van der Waals surface area (Å²) in [4.78, 5) is 14.7.